The number of benzene rings is 2. The van der Waals surface area contributed by atoms with Crippen LogP contribution >= 0.6 is 0 Å². The lowest BCUT2D eigenvalue weighted by atomic mass is 9.97. The fraction of sp³-hybridized carbons (Fsp3) is 0.435. The van der Waals surface area contributed by atoms with Crippen LogP contribution in [0, 0.1) is 0 Å². The fourth-order valence-electron chi connectivity index (χ4n) is 3.60. The van der Waals surface area contributed by atoms with Gasteiger partial charge in [0, 0.05) is 0 Å². The van der Waals surface area contributed by atoms with Gasteiger partial charge in [-0.15, -0.1) is 0 Å². The van der Waals surface area contributed by atoms with Gasteiger partial charge >= 0.3 is 5.97 Å². The molecular formula is C23H26O7. The van der Waals surface area contributed by atoms with Gasteiger partial charge in [0.05, 0.1) is 18.8 Å². The molecule has 0 saturated carbocycles. The lowest BCUT2D eigenvalue weighted by Gasteiger charge is -2.49. The minimum absolute atomic E-state index is 0.235. The van der Waals surface area contributed by atoms with E-state index < -0.39 is 42.5 Å². The average Bonchev–Trinajstić information content (AvgIpc) is 2.76. The third kappa shape index (κ3) is 4.71. The van der Waals surface area contributed by atoms with Crippen molar-refractivity contribution in [1.29, 1.82) is 0 Å². The largest absolute Gasteiger partial charge is 0.450 e. The molecule has 160 valence electrons. The number of rotatable bonds is 5. The number of aliphatic hydroxyl groups is 1. The van der Waals surface area contributed by atoms with E-state index in [1.54, 1.807) is 38.1 Å². The zero-order chi connectivity index (χ0) is 21.1. The van der Waals surface area contributed by atoms with Gasteiger partial charge in [-0.1, -0.05) is 48.5 Å². The van der Waals surface area contributed by atoms with Gasteiger partial charge in [0.1, 0.15) is 18.3 Å². The lowest BCUT2D eigenvalue weighted by Crippen LogP contribution is -2.65. The predicted molar refractivity (Wildman–Crippen MR) is 106 cm³/mol. The van der Waals surface area contributed by atoms with Gasteiger partial charge in [0.15, 0.2) is 18.2 Å². The van der Waals surface area contributed by atoms with E-state index in [4.69, 9.17) is 23.7 Å². The van der Waals surface area contributed by atoms with Gasteiger partial charge in [-0.25, -0.2) is 4.79 Å². The maximum atomic E-state index is 12.7. The number of esters is 1. The van der Waals surface area contributed by atoms with Crippen molar-refractivity contribution in [2.24, 2.45) is 0 Å². The Labute approximate surface area is 175 Å². The van der Waals surface area contributed by atoms with E-state index in [0.29, 0.717) is 5.56 Å². The minimum atomic E-state index is -1.14. The summed E-state index contributed by atoms with van der Waals surface area (Å²) in [6.45, 7) is 4.00. The van der Waals surface area contributed by atoms with E-state index in [-0.39, 0.29) is 13.2 Å². The Morgan fingerprint density at radius 3 is 2.47 bits per heavy atom. The second-order valence-electron chi connectivity index (χ2n) is 7.86. The molecule has 2 aromatic carbocycles. The first-order chi connectivity index (χ1) is 14.4. The minimum Gasteiger partial charge on any atom is -0.450 e. The molecule has 0 amide bonds. The van der Waals surface area contributed by atoms with Crippen LogP contribution in [0.2, 0.25) is 0 Å². The number of hydrogen-bond acceptors (Lipinski definition) is 7. The second-order valence-corrected chi connectivity index (χ2v) is 7.86. The molecule has 2 fully saturated rings. The third-order valence-electron chi connectivity index (χ3n) is 5.14. The number of fused-ring (bicyclic) bond motifs is 1. The van der Waals surface area contributed by atoms with Crippen molar-refractivity contribution in [3.8, 4) is 0 Å². The van der Waals surface area contributed by atoms with Gasteiger partial charge in [-0.05, 0) is 31.5 Å². The Kier molecular flexibility index (Phi) is 6.17. The Balaban J connectivity index is 1.53. The van der Waals surface area contributed by atoms with Crippen LogP contribution < -0.4 is 0 Å². The molecule has 30 heavy (non-hydrogen) atoms. The number of carbonyl (C=O) groups excluding carboxylic acids is 1. The molecule has 0 spiro atoms. The van der Waals surface area contributed by atoms with Crippen molar-refractivity contribution in [2.45, 2.75) is 56.9 Å². The molecule has 0 aromatic heterocycles. The Morgan fingerprint density at radius 1 is 1.10 bits per heavy atom. The summed E-state index contributed by atoms with van der Waals surface area (Å²) >= 11 is 0. The first kappa shape index (κ1) is 21.0. The molecule has 2 aliphatic rings. The van der Waals surface area contributed by atoms with E-state index in [2.05, 4.69) is 0 Å². The molecule has 2 heterocycles. The molecule has 2 saturated heterocycles. The molecule has 7 nitrogen and oxygen atoms in total. The molecule has 0 radical (unpaired) electrons. The maximum absolute atomic E-state index is 12.7. The van der Waals surface area contributed by atoms with Crippen LogP contribution in [0.25, 0.3) is 0 Å². The van der Waals surface area contributed by atoms with Crippen molar-refractivity contribution in [3.63, 3.8) is 0 Å². The Bertz CT molecular complexity index is 839. The van der Waals surface area contributed by atoms with E-state index in [1.807, 2.05) is 36.4 Å². The zero-order valence-electron chi connectivity index (χ0n) is 17.0. The molecule has 0 unspecified atom stereocenters. The first-order valence-electron chi connectivity index (χ1n) is 10.00. The van der Waals surface area contributed by atoms with E-state index in [0.717, 1.165) is 5.56 Å². The van der Waals surface area contributed by atoms with Crippen LogP contribution in [0.3, 0.4) is 0 Å². The summed E-state index contributed by atoms with van der Waals surface area (Å²) in [4.78, 5) is 12.7. The maximum Gasteiger partial charge on any atom is 0.338 e. The molecule has 0 bridgehead atoms. The van der Waals surface area contributed by atoms with Crippen molar-refractivity contribution >= 4 is 5.97 Å². The predicted octanol–water partition coefficient (Wildman–Crippen LogP) is 2.67. The van der Waals surface area contributed by atoms with Crippen molar-refractivity contribution in [3.05, 3.63) is 71.8 Å². The summed E-state index contributed by atoms with van der Waals surface area (Å²) in [5, 5.41) is 11.0. The monoisotopic (exact) mass is 414 g/mol. The molecule has 2 aromatic rings. The highest BCUT2D eigenvalue weighted by atomic mass is 16.8. The average molecular weight is 414 g/mol. The summed E-state index contributed by atoms with van der Waals surface area (Å²) in [7, 11) is 0. The van der Waals surface area contributed by atoms with E-state index >= 15 is 0 Å². The van der Waals surface area contributed by atoms with Crippen LogP contribution in [0.5, 0.6) is 0 Å². The quantitative estimate of drug-likeness (QED) is 0.753. The number of hydrogen-bond donors (Lipinski definition) is 1. The van der Waals surface area contributed by atoms with Crippen LogP contribution in [0.15, 0.2) is 60.7 Å². The summed E-state index contributed by atoms with van der Waals surface area (Å²) in [6, 6.07) is 18.2. The standard InChI is InChI=1S/C23H26O7/c1-23(2)27-14-17-19(30-23)18(24)20(29-21(25)16-11-7-4-8-12-16)22(28-17)26-13-15-9-5-3-6-10-15/h3-12,17-20,22,24H,13-14H2,1-2H3/t17-,18+,19-,20+,22+/m1/s1. The molecule has 4 rings (SSSR count). The molecular weight excluding hydrogens is 388 g/mol. The normalized spacial score (nSPS) is 30.3. The highest BCUT2D eigenvalue weighted by Crippen LogP contribution is 2.34. The summed E-state index contributed by atoms with van der Waals surface area (Å²) in [5.41, 5.74) is 1.31. The summed E-state index contributed by atoms with van der Waals surface area (Å²) in [6.07, 6.45) is -4.42. The number of ether oxygens (including phenoxy) is 5. The first-order valence-corrected chi connectivity index (χ1v) is 10.00. The van der Waals surface area contributed by atoms with Crippen LogP contribution in [0.1, 0.15) is 29.8 Å². The van der Waals surface area contributed by atoms with E-state index in [9.17, 15) is 9.90 Å². The summed E-state index contributed by atoms with van der Waals surface area (Å²) in [5.74, 6) is -1.45. The number of aliphatic hydroxyl groups excluding tert-OH is 1. The molecule has 5 atom stereocenters. The van der Waals surface area contributed by atoms with Crippen LogP contribution in [0.4, 0.5) is 0 Å². The fourth-order valence-corrected chi connectivity index (χ4v) is 3.60. The molecule has 0 aliphatic carbocycles. The Hall–Kier alpha value is -2.29. The van der Waals surface area contributed by atoms with Gasteiger partial charge < -0.3 is 28.8 Å². The Morgan fingerprint density at radius 2 is 1.77 bits per heavy atom. The van der Waals surface area contributed by atoms with Gasteiger partial charge in [0.2, 0.25) is 0 Å². The van der Waals surface area contributed by atoms with E-state index in [1.165, 1.54) is 0 Å². The summed E-state index contributed by atoms with van der Waals surface area (Å²) < 4.78 is 29.1. The highest BCUT2D eigenvalue weighted by Gasteiger charge is 2.52. The second kappa shape index (κ2) is 8.83. The lowest BCUT2D eigenvalue weighted by molar-refractivity contribution is -0.382. The molecule has 7 heteroatoms. The SMILES string of the molecule is CC1(C)OC[C@H]2O[C@H](OCc3ccccc3)[C@@H](OC(=O)c3ccccc3)[C@@H](O)[C@@H]2O1. The topological polar surface area (TPSA) is 83.5 Å². The van der Waals surface area contributed by atoms with Gasteiger partial charge in [0.25, 0.3) is 0 Å². The van der Waals surface area contributed by atoms with Crippen molar-refractivity contribution in [1.82, 2.24) is 0 Å². The van der Waals surface area contributed by atoms with Gasteiger partial charge in [-0.3, -0.25) is 0 Å². The number of carbonyl (C=O) groups is 1. The van der Waals surface area contributed by atoms with Crippen LogP contribution in [-0.2, 0) is 30.3 Å². The highest BCUT2D eigenvalue weighted by molar-refractivity contribution is 5.89. The smallest absolute Gasteiger partial charge is 0.338 e. The van der Waals surface area contributed by atoms with Crippen LogP contribution in [-0.4, -0.2) is 54.2 Å². The third-order valence-corrected chi connectivity index (χ3v) is 5.14. The van der Waals surface area contributed by atoms with Crippen molar-refractivity contribution < 1.29 is 33.6 Å². The molecule has 1 N–H and O–H groups in total. The zero-order valence-corrected chi connectivity index (χ0v) is 17.0. The van der Waals surface area contributed by atoms with Gasteiger partial charge in [-0.2, -0.15) is 0 Å². The van der Waals surface area contributed by atoms with Crippen molar-refractivity contribution in [2.75, 3.05) is 6.61 Å². The molecule has 2 aliphatic heterocycles.